The SMILES string of the molecule is C[C@]12CCc3c(ccc4c3CC[C@H](O)C4)[C@@H]1CCC2=O. The molecule has 106 valence electrons. The molecule has 0 radical (unpaired) electrons. The van der Waals surface area contributed by atoms with Gasteiger partial charge in [0.1, 0.15) is 5.78 Å². The second-order valence-electron chi connectivity index (χ2n) is 7.10. The fourth-order valence-electron chi connectivity index (χ4n) is 4.82. The van der Waals surface area contributed by atoms with Crippen molar-refractivity contribution >= 4 is 5.78 Å². The molecule has 0 amide bonds. The summed E-state index contributed by atoms with van der Waals surface area (Å²) in [5.41, 5.74) is 5.70. The van der Waals surface area contributed by atoms with Gasteiger partial charge in [0.15, 0.2) is 0 Å². The number of hydrogen-bond acceptors (Lipinski definition) is 2. The average molecular weight is 270 g/mol. The molecule has 0 unspecified atom stereocenters. The second-order valence-corrected chi connectivity index (χ2v) is 7.10. The summed E-state index contributed by atoms with van der Waals surface area (Å²) in [4.78, 5) is 12.2. The zero-order chi connectivity index (χ0) is 13.9. The molecule has 3 aliphatic rings. The van der Waals surface area contributed by atoms with Crippen molar-refractivity contribution in [1.82, 2.24) is 0 Å². The molecule has 1 fully saturated rings. The topological polar surface area (TPSA) is 37.3 Å². The van der Waals surface area contributed by atoms with E-state index in [-0.39, 0.29) is 11.5 Å². The number of ketones is 1. The summed E-state index contributed by atoms with van der Waals surface area (Å²) in [6.45, 7) is 2.18. The van der Waals surface area contributed by atoms with E-state index < -0.39 is 0 Å². The molecule has 0 bridgehead atoms. The molecule has 0 saturated heterocycles. The maximum absolute atomic E-state index is 12.2. The minimum atomic E-state index is -0.164. The Bertz CT molecular complexity index is 589. The van der Waals surface area contributed by atoms with E-state index in [1.807, 2.05) is 0 Å². The van der Waals surface area contributed by atoms with Crippen LogP contribution in [0.2, 0.25) is 0 Å². The van der Waals surface area contributed by atoms with Gasteiger partial charge in [-0.3, -0.25) is 4.79 Å². The monoisotopic (exact) mass is 270 g/mol. The van der Waals surface area contributed by atoms with E-state index in [0.29, 0.717) is 11.7 Å². The van der Waals surface area contributed by atoms with Crippen molar-refractivity contribution in [2.24, 2.45) is 5.41 Å². The first-order valence-electron chi connectivity index (χ1n) is 7.94. The van der Waals surface area contributed by atoms with Gasteiger partial charge in [-0.2, -0.15) is 0 Å². The Balaban J connectivity index is 1.82. The Morgan fingerprint density at radius 2 is 2.00 bits per heavy atom. The molecule has 0 spiro atoms. The first-order valence-corrected chi connectivity index (χ1v) is 7.94. The van der Waals surface area contributed by atoms with Gasteiger partial charge in [-0.25, -0.2) is 0 Å². The Kier molecular flexibility index (Phi) is 2.62. The zero-order valence-corrected chi connectivity index (χ0v) is 12.1. The van der Waals surface area contributed by atoms with Crippen LogP contribution in [0.3, 0.4) is 0 Å². The van der Waals surface area contributed by atoms with Gasteiger partial charge in [0.25, 0.3) is 0 Å². The summed E-state index contributed by atoms with van der Waals surface area (Å²) < 4.78 is 0. The van der Waals surface area contributed by atoms with Gasteiger partial charge in [-0.1, -0.05) is 19.1 Å². The normalized spacial score (nSPS) is 35.4. The number of benzene rings is 1. The zero-order valence-electron chi connectivity index (χ0n) is 12.1. The third kappa shape index (κ3) is 1.57. The molecular formula is C18H22O2. The van der Waals surface area contributed by atoms with Crippen molar-refractivity contribution in [3.63, 3.8) is 0 Å². The third-order valence-electron chi connectivity index (χ3n) is 6.08. The highest BCUT2D eigenvalue weighted by Crippen LogP contribution is 2.54. The number of carbonyl (C=O) groups excluding carboxylic acids is 1. The van der Waals surface area contributed by atoms with Crippen LogP contribution in [0.4, 0.5) is 0 Å². The van der Waals surface area contributed by atoms with Crippen LogP contribution in [0.5, 0.6) is 0 Å². The molecule has 4 rings (SSSR count). The Labute approximate surface area is 120 Å². The summed E-state index contributed by atoms with van der Waals surface area (Å²) in [7, 11) is 0. The molecule has 2 heteroatoms. The minimum Gasteiger partial charge on any atom is -0.393 e. The van der Waals surface area contributed by atoms with Crippen molar-refractivity contribution < 1.29 is 9.90 Å². The fourth-order valence-corrected chi connectivity index (χ4v) is 4.82. The van der Waals surface area contributed by atoms with Crippen molar-refractivity contribution in [3.8, 4) is 0 Å². The highest BCUT2D eigenvalue weighted by molar-refractivity contribution is 5.88. The molecule has 1 saturated carbocycles. The smallest absolute Gasteiger partial charge is 0.139 e. The van der Waals surface area contributed by atoms with Crippen LogP contribution in [0.1, 0.15) is 60.8 Å². The highest BCUT2D eigenvalue weighted by atomic mass is 16.3. The molecule has 20 heavy (non-hydrogen) atoms. The van der Waals surface area contributed by atoms with E-state index in [1.54, 1.807) is 0 Å². The van der Waals surface area contributed by atoms with Crippen LogP contribution < -0.4 is 0 Å². The third-order valence-corrected chi connectivity index (χ3v) is 6.08. The molecule has 3 aliphatic carbocycles. The summed E-state index contributed by atoms with van der Waals surface area (Å²) >= 11 is 0. The number of carbonyl (C=O) groups is 1. The first kappa shape index (κ1) is 12.6. The fraction of sp³-hybridized carbons (Fsp3) is 0.611. The lowest BCUT2D eigenvalue weighted by atomic mass is 9.65. The van der Waals surface area contributed by atoms with Crippen molar-refractivity contribution in [1.29, 1.82) is 0 Å². The van der Waals surface area contributed by atoms with E-state index in [1.165, 1.54) is 22.3 Å². The first-order chi connectivity index (χ1) is 9.59. The van der Waals surface area contributed by atoms with Crippen molar-refractivity contribution in [2.45, 2.75) is 63.9 Å². The summed E-state index contributed by atoms with van der Waals surface area (Å²) in [6, 6.07) is 4.47. The predicted molar refractivity (Wildman–Crippen MR) is 77.9 cm³/mol. The summed E-state index contributed by atoms with van der Waals surface area (Å²) in [6.07, 6.45) is 6.41. The molecule has 3 atom stereocenters. The Hall–Kier alpha value is -1.15. The summed E-state index contributed by atoms with van der Waals surface area (Å²) in [5, 5.41) is 9.84. The predicted octanol–water partition coefficient (Wildman–Crippen LogP) is 2.94. The molecule has 1 aromatic carbocycles. The van der Waals surface area contributed by atoms with E-state index >= 15 is 0 Å². The van der Waals surface area contributed by atoms with Gasteiger partial charge < -0.3 is 5.11 Å². The molecule has 1 aromatic rings. The van der Waals surface area contributed by atoms with Crippen LogP contribution in [0, 0.1) is 5.41 Å². The average Bonchev–Trinajstić information content (AvgIpc) is 2.74. The Morgan fingerprint density at radius 3 is 2.85 bits per heavy atom. The van der Waals surface area contributed by atoms with Crippen molar-refractivity contribution in [2.75, 3.05) is 0 Å². The molecule has 2 nitrogen and oxygen atoms in total. The number of hydrogen-bond donors (Lipinski definition) is 1. The van der Waals surface area contributed by atoms with Gasteiger partial charge in [0, 0.05) is 11.8 Å². The van der Waals surface area contributed by atoms with Crippen LogP contribution >= 0.6 is 0 Å². The molecular weight excluding hydrogens is 248 g/mol. The van der Waals surface area contributed by atoms with Crippen LogP contribution in [-0.2, 0) is 24.1 Å². The number of rotatable bonds is 0. The lowest BCUT2D eigenvalue weighted by molar-refractivity contribution is -0.126. The van der Waals surface area contributed by atoms with E-state index in [0.717, 1.165) is 44.9 Å². The minimum absolute atomic E-state index is 0.102. The summed E-state index contributed by atoms with van der Waals surface area (Å²) in [5.74, 6) is 0.914. The van der Waals surface area contributed by atoms with Crippen molar-refractivity contribution in [3.05, 3.63) is 34.4 Å². The van der Waals surface area contributed by atoms with Gasteiger partial charge in [0.05, 0.1) is 6.10 Å². The number of fused-ring (bicyclic) bond motifs is 5. The molecule has 0 aliphatic heterocycles. The van der Waals surface area contributed by atoms with Gasteiger partial charge >= 0.3 is 0 Å². The molecule has 0 heterocycles. The maximum Gasteiger partial charge on any atom is 0.139 e. The lowest BCUT2D eigenvalue weighted by Crippen LogP contribution is -2.33. The molecule has 1 N–H and O–H groups in total. The van der Waals surface area contributed by atoms with E-state index in [9.17, 15) is 9.90 Å². The van der Waals surface area contributed by atoms with E-state index in [2.05, 4.69) is 19.1 Å². The molecule has 0 aromatic heterocycles. The highest BCUT2D eigenvalue weighted by Gasteiger charge is 2.49. The van der Waals surface area contributed by atoms with Crippen LogP contribution in [-0.4, -0.2) is 17.0 Å². The van der Waals surface area contributed by atoms with Gasteiger partial charge in [-0.05, 0) is 66.7 Å². The second kappa shape index (κ2) is 4.17. The number of aliphatic hydroxyl groups excluding tert-OH is 1. The quantitative estimate of drug-likeness (QED) is 0.787. The lowest BCUT2D eigenvalue weighted by Gasteiger charge is -2.38. The standard InChI is InChI=1S/C18H22O2/c1-18-9-8-14-13-5-3-12(19)10-11(13)2-4-15(14)16(18)6-7-17(18)20/h2,4,12,16,19H,3,5-10H2,1H3/t12-,16-,18-/m0/s1. The van der Waals surface area contributed by atoms with Gasteiger partial charge in [-0.15, -0.1) is 0 Å². The van der Waals surface area contributed by atoms with Crippen LogP contribution in [0.25, 0.3) is 0 Å². The van der Waals surface area contributed by atoms with Crippen LogP contribution in [0.15, 0.2) is 12.1 Å². The number of Topliss-reactive ketones (excluding diaryl/α,β-unsaturated/α-hetero) is 1. The largest absolute Gasteiger partial charge is 0.393 e. The Morgan fingerprint density at radius 1 is 1.15 bits per heavy atom. The number of aliphatic hydroxyl groups is 1. The van der Waals surface area contributed by atoms with Gasteiger partial charge in [0.2, 0.25) is 0 Å². The maximum atomic E-state index is 12.2. The van der Waals surface area contributed by atoms with E-state index in [4.69, 9.17) is 0 Å².